The van der Waals surface area contributed by atoms with Crippen LogP contribution in [-0.2, 0) is 4.74 Å². The molecule has 1 atom stereocenters. The number of carbonyl (C=O) groups excluding carboxylic acids is 1. The summed E-state index contributed by atoms with van der Waals surface area (Å²) in [5, 5.41) is 0. The fraction of sp³-hybridized carbons (Fsp3) is 0.611. The summed E-state index contributed by atoms with van der Waals surface area (Å²) in [6.45, 7) is 6.35. The Morgan fingerprint density at radius 3 is 2.25 bits per heavy atom. The lowest BCUT2D eigenvalue weighted by Gasteiger charge is -2.37. The number of hydrogen-bond donors (Lipinski definition) is 0. The molecule has 2 rings (SSSR count). The van der Waals surface area contributed by atoms with Gasteiger partial charge in [-0.25, -0.2) is 4.79 Å². The molecule has 1 aromatic carbocycles. The number of ether oxygens (including phenoxy) is 3. The molecule has 24 heavy (non-hydrogen) atoms. The molecule has 1 saturated heterocycles. The van der Waals surface area contributed by atoms with Gasteiger partial charge in [0.2, 0.25) is 0 Å². The second-order valence-corrected chi connectivity index (χ2v) is 7.72. The number of piperidine rings is 1. The number of nitrogens with zero attached hydrogens (tertiary/aromatic N) is 1. The largest absolute Gasteiger partial charge is 0.495 e. The summed E-state index contributed by atoms with van der Waals surface area (Å²) < 4.78 is 17.2. The quantitative estimate of drug-likeness (QED) is 0.722. The molecule has 0 saturated carbocycles. The molecule has 1 amide bonds. The van der Waals surface area contributed by atoms with E-state index >= 15 is 0 Å². The van der Waals surface area contributed by atoms with Crippen LogP contribution in [0.4, 0.5) is 4.79 Å². The Labute approximate surface area is 152 Å². The molecule has 0 spiro atoms. The number of amides is 1. The fourth-order valence-corrected chi connectivity index (χ4v) is 3.45. The first kappa shape index (κ1) is 18.9. The second-order valence-electron chi connectivity index (χ2n) is 6.92. The van der Waals surface area contributed by atoms with Crippen molar-refractivity contribution < 1.29 is 19.0 Å². The van der Waals surface area contributed by atoms with Crippen LogP contribution in [0.5, 0.6) is 11.5 Å². The van der Waals surface area contributed by atoms with Crippen molar-refractivity contribution in [1.82, 2.24) is 4.90 Å². The minimum absolute atomic E-state index is 0.0375. The normalized spacial score (nSPS) is 18.2. The molecule has 0 radical (unpaired) electrons. The Kier molecular flexibility index (Phi) is 6.01. The number of hydrogen-bond acceptors (Lipinski definition) is 4. The summed E-state index contributed by atoms with van der Waals surface area (Å²) in [7, 11) is 3.24. The highest BCUT2D eigenvalue weighted by atomic mass is 79.9. The predicted molar refractivity (Wildman–Crippen MR) is 96.8 cm³/mol. The van der Waals surface area contributed by atoms with Crippen LogP contribution in [0.3, 0.4) is 0 Å². The van der Waals surface area contributed by atoms with Crippen LogP contribution in [0.25, 0.3) is 0 Å². The van der Waals surface area contributed by atoms with E-state index in [0.717, 1.165) is 29.3 Å². The zero-order valence-corrected chi connectivity index (χ0v) is 16.6. The number of methoxy groups -OCH3 is 2. The average molecular weight is 400 g/mol. The Bertz CT molecular complexity index is 572. The van der Waals surface area contributed by atoms with Crippen LogP contribution in [0.2, 0.25) is 0 Å². The van der Waals surface area contributed by atoms with E-state index in [4.69, 9.17) is 14.2 Å². The van der Waals surface area contributed by atoms with Crippen LogP contribution in [0.15, 0.2) is 16.6 Å². The Morgan fingerprint density at radius 1 is 1.17 bits per heavy atom. The van der Waals surface area contributed by atoms with Gasteiger partial charge in [0.05, 0.1) is 20.3 Å². The van der Waals surface area contributed by atoms with Crippen molar-refractivity contribution in [3.05, 3.63) is 22.2 Å². The molecule has 1 aromatic rings. The molecule has 0 aliphatic carbocycles. The molecule has 0 aromatic heterocycles. The Morgan fingerprint density at radius 2 is 1.75 bits per heavy atom. The van der Waals surface area contributed by atoms with Crippen molar-refractivity contribution >= 4 is 22.0 Å². The van der Waals surface area contributed by atoms with Crippen molar-refractivity contribution in [3.63, 3.8) is 0 Å². The van der Waals surface area contributed by atoms with E-state index < -0.39 is 5.60 Å². The highest BCUT2D eigenvalue weighted by Gasteiger charge is 2.32. The molecule has 0 N–H and O–H groups in total. The molecular weight excluding hydrogens is 374 g/mol. The fourth-order valence-electron chi connectivity index (χ4n) is 2.90. The van der Waals surface area contributed by atoms with E-state index in [-0.39, 0.29) is 12.1 Å². The summed E-state index contributed by atoms with van der Waals surface area (Å²) >= 11 is 3.49. The van der Waals surface area contributed by atoms with Gasteiger partial charge < -0.3 is 19.1 Å². The van der Waals surface area contributed by atoms with Gasteiger partial charge in [0.15, 0.2) is 0 Å². The lowest BCUT2D eigenvalue weighted by atomic mass is 9.95. The number of benzene rings is 1. The lowest BCUT2D eigenvalue weighted by Crippen LogP contribution is -2.41. The van der Waals surface area contributed by atoms with E-state index in [1.165, 1.54) is 0 Å². The first-order chi connectivity index (χ1) is 11.3. The summed E-state index contributed by atoms with van der Waals surface area (Å²) in [5.41, 5.74) is 0.492. The van der Waals surface area contributed by atoms with Gasteiger partial charge in [0.1, 0.15) is 21.6 Å². The van der Waals surface area contributed by atoms with Crippen molar-refractivity contribution in [3.8, 4) is 11.5 Å². The molecule has 6 heteroatoms. The highest BCUT2D eigenvalue weighted by molar-refractivity contribution is 9.10. The van der Waals surface area contributed by atoms with Gasteiger partial charge in [0, 0.05) is 6.54 Å². The number of likely N-dealkylation sites (tertiary alicyclic amines) is 1. The third-order valence-corrected chi connectivity index (χ3v) is 4.77. The van der Waals surface area contributed by atoms with Gasteiger partial charge in [-0.3, -0.25) is 0 Å². The summed E-state index contributed by atoms with van der Waals surface area (Å²) in [4.78, 5) is 14.4. The molecule has 1 aliphatic rings. The summed E-state index contributed by atoms with van der Waals surface area (Å²) in [6.07, 6.45) is 2.69. The number of carbonyl (C=O) groups is 1. The van der Waals surface area contributed by atoms with Gasteiger partial charge in [-0.1, -0.05) is 0 Å². The van der Waals surface area contributed by atoms with Crippen molar-refractivity contribution in [2.75, 3.05) is 20.8 Å². The molecule has 134 valence electrons. The first-order valence-electron chi connectivity index (χ1n) is 8.18. The zero-order valence-electron chi connectivity index (χ0n) is 15.0. The van der Waals surface area contributed by atoms with Crippen molar-refractivity contribution in [1.29, 1.82) is 0 Å². The van der Waals surface area contributed by atoms with Gasteiger partial charge in [-0.15, -0.1) is 0 Å². The number of halogens is 1. The maximum Gasteiger partial charge on any atom is 0.410 e. The molecule has 1 heterocycles. The third kappa shape index (κ3) is 4.35. The second kappa shape index (κ2) is 7.64. The molecule has 5 nitrogen and oxygen atoms in total. The Balaban J connectivity index is 2.35. The van der Waals surface area contributed by atoms with E-state index in [9.17, 15) is 4.79 Å². The van der Waals surface area contributed by atoms with Crippen LogP contribution in [0.1, 0.15) is 51.6 Å². The zero-order chi connectivity index (χ0) is 17.9. The lowest BCUT2D eigenvalue weighted by molar-refractivity contribution is 0.00946. The minimum atomic E-state index is -0.506. The van der Waals surface area contributed by atoms with Crippen molar-refractivity contribution in [2.45, 2.75) is 51.7 Å². The third-order valence-electron chi connectivity index (χ3n) is 3.98. The smallest absolute Gasteiger partial charge is 0.410 e. The standard InChI is InChI=1S/C18H26BrNO4/c1-18(2,3)24-17(21)20-9-7-6-8-13(20)12-10-14(22-4)16(19)15(11-12)23-5/h10-11,13H,6-9H2,1-5H3. The Hall–Kier alpha value is -1.43. The van der Waals surface area contributed by atoms with Crippen LogP contribution in [-0.4, -0.2) is 37.4 Å². The number of rotatable bonds is 3. The van der Waals surface area contributed by atoms with E-state index in [2.05, 4.69) is 15.9 Å². The maximum absolute atomic E-state index is 12.6. The molecule has 0 bridgehead atoms. The predicted octanol–water partition coefficient (Wildman–Crippen LogP) is 4.93. The van der Waals surface area contributed by atoms with Gasteiger partial charge in [-0.2, -0.15) is 0 Å². The molecule has 1 fully saturated rings. The topological polar surface area (TPSA) is 48.0 Å². The SMILES string of the molecule is COc1cc(C2CCCCN2C(=O)OC(C)(C)C)cc(OC)c1Br. The molecule has 1 aliphatic heterocycles. The van der Waals surface area contributed by atoms with Gasteiger partial charge in [0.25, 0.3) is 0 Å². The van der Waals surface area contributed by atoms with Crippen molar-refractivity contribution in [2.24, 2.45) is 0 Å². The van der Waals surface area contributed by atoms with Crippen LogP contribution >= 0.6 is 15.9 Å². The van der Waals surface area contributed by atoms with Gasteiger partial charge in [-0.05, 0) is 73.7 Å². The van der Waals surface area contributed by atoms with Gasteiger partial charge >= 0.3 is 6.09 Å². The van der Waals surface area contributed by atoms with Crippen LogP contribution < -0.4 is 9.47 Å². The summed E-state index contributed by atoms with van der Waals surface area (Å²) in [6, 6.07) is 3.88. The molecular formula is C18H26BrNO4. The van der Waals surface area contributed by atoms with E-state index in [0.29, 0.717) is 18.0 Å². The average Bonchev–Trinajstić information content (AvgIpc) is 2.53. The minimum Gasteiger partial charge on any atom is -0.495 e. The maximum atomic E-state index is 12.6. The summed E-state index contributed by atoms with van der Waals surface area (Å²) in [5.74, 6) is 1.39. The first-order valence-corrected chi connectivity index (χ1v) is 8.97. The van der Waals surface area contributed by atoms with E-state index in [1.54, 1.807) is 14.2 Å². The van der Waals surface area contributed by atoms with Crippen LogP contribution in [0, 0.1) is 0 Å². The monoisotopic (exact) mass is 399 g/mol. The van der Waals surface area contributed by atoms with E-state index in [1.807, 2.05) is 37.8 Å². The molecule has 1 unspecified atom stereocenters. The highest BCUT2D eigenvalue weighted by Crippen LogP contribution is 2.41.